The molecule has 0 aromatic heterocycles. The Kier molecular flexibility index (Phi) is 6.80. The maximum Gasteiger partial charge on any atom is 0.237 e. The van der Waals surface area contributed by atoms with E-state index in [2.05, 4.69) is 0 Å². The summed E-state index contributed by atoms with van der Waals surface area (Å²) in [6.45, 7) is 6.39. The number of rotatable bonds is 8. The van der Waals surface area contributed by atoms with Crippen LogP contribution in [0.1, 0.15) is 46.5 Å². The number of nitrogens with two attached hydrogens (primary N) is 2. The fraction of sp³-hybridized carbons (Fsp3) is 0.833. The number of hydrogen-bond acceptors (Lipinski definition) is 3. The van der Waals surface area contributed by atoms with E-state index in [1.807, 2.05) is 20.8 Å². The topological polar surface area (TPSA) is 89.4 Å². The van der Waals surface area contributed by atoms with E-state index in [4.69, 9.17) is 11.5 Å². The minimum absolute atomic E-state index is 0.00380. The summed E-state index contributed by atoms with van der Waals surface area (Å²) in [5.74, 6) is -0.516. The molecular formula is C12H25N3O2. The van der Waals surface area contributed by atoms with Gasteiger partial charge in [-0.05, 0) is 26.7 Å². The average Bonchev–Trinajstić information content (AvgIpc) is 2.19. The normalized spacial score (nSPS) is 11.3. The largest absolute Gasteiger partial charge is 0.368 e. The molecule has 4 N–H and O–H groups in total. The van der Waals surface area contributed by atoms with Crippen LogP contribution in [0, 0.1) is 0 Å². The summed E-state index contributed by atoms with van der Waals surface area (Å²) in [4.78, 5) is 24.3. The molecule has 17 heavy (non-hydrogen) atoms. The molecule has 0 aromatic rings. The Bertz CT molecular complexity index is 259. The van der Waals surface area contributed by atoms with Crippen LogP contribution in [0.15, 0.2) is 0 Å². The van der Waals surface area contributed by atoms with Crippen LogP contribution in [0.4, 0.5) is 0 Å². The van der Waals surface area contributed by atoms with Crippen molar-refractivity contribution in [3.8, 4) is 0 Å². The predicted molar refractivity (Wildman–Crippen MR) is 68.2 cm³/mol. The highest BCUT2D eigenvalue weighted by Crippen LogP contribution is 2.09. The van der Waals surface area contributed by atoms with Crippen LogP contribution in [0.25, 0.3) is 0 Å². The van der Waals surface area contributed by atoms with E-state index in [9.17, 15) is 9.59 Å². The van der Waals surface area contributed by atoms with Crippen molar-refractivity contribution < 1.29 is 9.59 Å². The molecule has 5 nitrogen and oxygen atoms in total. The predicted octanol–water partition coefficient (Wildman–Crippen LogP) is 0.618. The molecule has 0 atom stereocenters. The molecule has 0 aliphatic carbocycles. The van der Waals surface area contributed by atoms with Gasteiger partial charge in [-0.3, -0.25) is 9.59 Å². The zero-order valence-electron chi connectivity index (χ0n) is 11.2. The minimum atomic E-state index is -0.471. The van der Waals surface area contributed by atoms with E-state index in [-0.39, 0.29) is 18.0 Å². The molecule has 0 bridgehead atoms. The first-order valence-corrected chi connectivity index (χ1v) is 6.11. The van der Waals surface area contributed by atoms with E-state index < -0.39 is 5.91 Å². The Morgan fingerprint density at radius 1 is 1.29 bits per heavy atom. The van der Waals surface area contributed by atoms with Crippen molar-refractivity contribution in [1.29, 1.82) is 0 Å². The molecule has 0 radical (unpaired) electrons. The lowest BCUT2D eigenvalue weighted by molar-refractivity contribution is -0.135. The molecule has 0 rings (SSSR count). The van der Waals surface area contributed by atoms with E-state index in [0.717, 1.165) is 12.8 Å². The van der Waals surface area contributed by atoms with Crippen molar-refractivity contribution in [2.45, 2.75) is 52.0 Å². The summed E-state index contributed by atoms with van der Waals surface area (Å²) in [7, 11) is 0. The van der Waals surface area contributed by atoms with Gasteiger partial charge in [0.2, 0.25) is 11.8 Å². The first kappa shape index (κ1) is 15.9. The third-order valence-corrected chi connectivity index (χ3v) is 2.46. The van der Waals surface area contributed by atoms with Gasteiger partial charge in [0.05, 0.1) is 6.54 Å². The molecule has 0 saturated carbocycles. The van der Waals surface area contributed by atoms with Crippen LogP contribution in [0.5, 0.6) is 0 Å². The summed E-state index contributed by atoms with van der Waals surface area (Å²) < 4.78 is 0. The lowest BCUT2D eigenvalue weighted by atomic mass is 9.99. The van der Waals surface area contributed by atoms with Gasteiger partial charge < -0.3 is 16.4 Å². The van der Waals surface area contributed by atoms with Gasteiger partial charge in [-0.15, -0.1) is 0 Å². The summed E-state index contributed by atoms with van der Waals surface area (Å²) in [5, 5.41) is 0. The molecule has 0 unspecified atom stereocenters. The maximum atomic E-state index is 11.9. The number of primary amides is 1. The van der Waals surface area contributed by atoms with Gasteiger partial charge >= 0.3 is 0 Å². The van der Waals surface area contributed by atoms with Crippen LogP contribution >= 0.6 is 0 Å². The van der Waals surface area contributed by atoms with E-state index >= 15 is 0 Å². The second-order valence-electron chi connectivity index (χ2n) is 5.12. The van der Waals surface area contributed by atoms with Gasteiger partial charge in [-0.1, -0.05) is 13.3 Å². The molecule has 0 aliphatic heterocycles. The Balaban J connectivity index is 4.26. The number of amides is 2. The van der Waals surface area contributed by atoms with Crippen molar-refractivity contribution in [2.75, 3.05) is 13.1 Å². The highest BCUT2D eigenvalue weighted by Gasteiger charge is 2.18. The fourth-order valence-corrected chi connectivity index (χ4v) is 1.42. The monoisotopic (exact) mass is 243 g/mol. The maximum absolute atomic E-state index is 11.9. The second kappa shape index (κ2) is 7.27. The molecule has 0 spiro atoms. The molecule has 0 fully saturated rings. The van der Waals surface area contributed by atoms with Crippen LogP contribution in [-0.2, 0) is 9.59 Å². The van der Waals surface area contributed by atoms with Crippen molar-refractivity contribution in [3.63, 3.8) is 0 Å². The van der Waals surface area contributed by atoms with Crippen molar-refractivity contribution in [3.05, 3.63) is 0 Å². The number of carbonyl (C=O) groups is 2. The molecule has 2 amide bonds. The lowest BCUT2D eigenvalue weighted by Crippen LogP contribution is -2.40. The summed E-state index contributed by atoms with van der Waals surface area (Å²) in [6.07, 6.45) is 2.82. The van der Waals surface area contributed by atoms with E-state index in [1.54, 1.807) is 0 Å². The number of carbonyl (C=O) groups excluding carboxylic acids is 2. The van der Waals surface area contributed by atoms with Crippen molar-refractivity contribution >= 4 is 11.8 Å². The van der Waals surface area contributed by atoms with Crippen molar-refractivity contribution in [1.82, 2.24) is 4.90 Å². The molecular weight excluding hydrogens is 218 g/mol. The third kappa shape index (κ3) is 8.68. The highest BCUT2D eigenvalue weighted by atomic mass is 16.2. The highest BCUT2D eigenvalue weighted by molar-refractivity contribution is 5.83. The Hall–Kier alpha value is -1.10. The lowest BCUT2D eigenvalue weighted by Gasteiger charge is -2.23. The fourth-order valence-electron chi connectivity index (χ4n) is 1.42. The zero-order chi connectivity index (χ0) is 13.5. The van der Waals surface area contributed by atoms with Gasteiger partial charge in [0.1, 0.15) is 0 Å². The molecule has 100 valence electrons. The van der Waals surface area contributed by atoms with Crippen LogP contribution in [0.3, 0.4) is 0 Å². The quantitative estimate of drug-likeness (QED) is 0.655. The Labute approximate surface area is 104 Å². The summed E-state index contributed by atoms with van der Waals surface area (Å²) >= 11 is 0. The smallest absolute Gasteiger partial charge is 0.237 e. The molecule has 0 saturated heterocycles. The van der Waals surface area contributed by atoms with Crippen LogP contribution in [-0.4, -0.2) is 35.3 Å². The Morgan fingerprint density at radius 2 is 1.88 bits per heavy atom. The number of hydrogen-bond donors (Lipinski definition) is 2. The summed E-state index contributed by atoms with van der Waals surface area (Å²) in [6, 6.07) is 0. The van der Waals surface area contributed by atoms with Gasteiger partial charge in [-0.2, -0.15) is 0 Å². The van der Waals surface area contributed by atoms with Gasteiger partial charge in [0, 0.05) is 18.5 Å². The van der Waals surface area contributed by atoms with Crippen molar-refractivity contribution in [2.24, 2.45) is 11.5 Å². The molecule has 0 aromatic carbocycles. The molecule has 0 heterocycles. The standard InChI is InChI=1S/C12H25N3O2/c1-4-5-8-15(9-10(13)16)11(17)6-7-12(2,3)14/h4-9,14H2,1-3H3,(H2,13,16). The van der Waals surface area contributed by atoms with Gasteiger partial charge in [0.15, 0.2) is 0 Å². The zero-order valence-corrected chi connectivity index (χ0v) is 11.2. The third-order valence-electron chi connectivity index (χ3n) is 2.46. The number of nitrogens with zero attached hydrogens (tertiary/aromatic N) is 1. The number of unbranched alkanes of at least 4 members (excludes halogenated alkanes) is 1. The molecule has 5 heteroatoms. The minimum Gasteiger partial charge on any atom is -0.368 e. The van der Waals surface area contributed by atoms with Gasteiger partial charge in [-0.25, -0.2) is 0 Å². The Morgan fingerprint density at radius 3 is 2.29 bits per heavy atom. The van der Waals surface area contributed by atoms with Crippen LogP contribution < -0.4 is 11.5 Å². The first-order chi connectivity index (χ1) is 7.76. The van der Waals surface area contributed by atoms with E-state index in [1.165, 1.54) is 4.90 Å². The summed E-state index contributed by atoms with van der Waals surface area (Å²) in [5.41, 5.74) is 10.6. The molecule has 0 aliphatic rings. The first-order valence-electron chi connectivity index (χ1n) is 6.11. The van der Waals surface area contributed by atoms with E-state index in [0.29, 0.717) is 19.4 Å². The SMILES string of the molecule is CCCCN(CC(N)=O)C(=O)CCC(C)(C)N. The van der Waals surface area contributed by atoms with Gasteiger partial charge in [0.25, 0.3) is 0 Å². The van der Waals surface area contributed by atoms with Crippen LogP contribution in [0.2, 0.25) is 0 Å². The average molecular weight is 243 g/mol. The second-order valence-corrected chi connectivity index (χ2v) is 5.12.